The van der Waals surface area contributed by atoms with Gasteiger partial charge in [0.15, 0.2) is 0 Å². The van der Waals surface area contributed by atoms with Crippen LogP contribution in [0.3, 0.4) is 0 Å². The number of ether oxygens (including phenoxy) is 1. The van der Waals surface area contributed by atoms with Gasteiger partial charge in [-0.2, -0.15) is 0 Å². The fraction of sp³-hybridized carbons (Fsp3) is 0.625. The molecule has 0 amide bonds. The molecule has 1 heterocycles. The van der Waals surface area contributed by atoms with Crippen molar-refractivity contribution in [2.75, 3.05) is 13.7 Å². The van der Waals surface area contributed by atoms with Crippen molar-refractivity contribution in [3.05, 3.63) is 35.4 Å². The van der Waals surface area contributed by atoms with Crippen LogP contribution in [0, 0.1) is 5.41 Å². The molecule has 1 saturated carbocycles. The molecule has 1 aromatic carbocycles. The lowest BCUT2D eigenvalue weighted by Crippen LogP contribution is -2.36. The van der Waals surface area contributed by atoms with Gasteiger partial charge in [-0.05, 0) is 49.3 Å². The molecule has 2 unspecified atom stereocenters. The van der Waals surface area contributed by atoms with Crippen LogP contribution in [0.2, 0.25) is 0 Å². The third kappa shape index (κ3) is 2.19. The van der Waals surface area contributed by atoms with Crippen LogP contribution in [-0.4, -0.2) is 19.7 Å². The number of hydrogen-bond acceptors (Lipinski definition) is 2. The van der Waals surface area contributed by atoms with E-state index in [1.54, 1.807) is 0 Å². The van der Waals surface area contributed by atoms with Crippen LogP contribution < -0.4 is 5.32 Å². The van der Waals surface area contributed by atoms with Crippen LogP contribution in [0.15, 0.2) is 24.3 Å². The van der Waals surface area contributed by atoms with E-state index in [0.29, 0.717) is 11.5 Å². The summed E-state index contributed by atoms with van der Waals surface area (Å²) in [6.07, 6.45) is 5.16. The van der Waals surface area contributed by atoms with Gasteiger partial charge in [-0.1, -0.05) is 31.2 Å². The molecular formula is C16H23NO. The van der Waals surface area contributed by atoms with E-state index >= 15 is 0 Å². The molecular weight excluding hydrogens is 222 g/mol. The van der Waals surface area contributed by atoms with Crippen LogP contribution in [0.4, 0.5) is 0 Å². The van der Waals surface area contributed by atoms with Crippen LogP contribution in [0.5, 0.6) is 0 Å². The Balaban J connectivity index is 1.77. The van der Waals surface area contributed by atoms with Crippen molar-refractivity contribution in [3.63, 3.8) is 0 Å². The molecule has 3 rings (SSSR count). The first-order chi connectivity index (χ1) is 8.73. The molecule has 2 atom stereocenters. The first kappa shape index (κ1) is 12.2. The summed E-state index contributed by atoms with van der Waals surface area (Å²) in [6, 6.07) is 9.33. The SMILES string of the molecule is CNC(CC1OCCc2ccccc21)C1(C)CC1. The van der Waals surface area contributed by atoms with Gasteiger partial charge in [0.1, 0.15) is 0 Å². The second kappa shape index (κ2) is 4.67. The van der Waals surface area contributed by atoms with Crippen LogP contribution in [-0.2, 0) is 11.2 Å². The van der Waals surface area contributed by atoms with E-state index in [1.165, 1.54) is 24.0 Å². The van der Waals surface area contributed by atoms with Gasteiger partial charge in [-0.25, -0.2) is 0 Å². The highest BCUT2D eigenvalue weighted by molar-refractivity contribution is 5.31. The van der Waals surface area contributed by atoms with E-state index in [1.807, 2.05) is 0 Å². The molecule has 0 saturated heterocycles. The molecule has 0 spiro atoms. The Bertz CT molecular complexity index is 425. The van der Waals surface area contributed by atoms with Crippen LogP contribution >= 0.6 is 0 Å². The summed E-state index contributed by atoms with van der Waals surface area (Å²) in [5.41, 5.74) is 3.39. The van der Waals surface area contributed by atoms with E-state index in [0.717, 1.165) is 19.4 Å². The molecule has 1 aliphatic heterocycles. The summed E-state index contributed by atoms with van der Waals surface area (Å²) < 4.78 is 6.02. The molecule has 98 valence electrons. The maximum absolute atomic E-state index is 6.02. The van der Waals surface area contributed by atoms with Crippen molar-refractivity contribution < 1.29 is 4.74 Å². The van der Waals surface area contributed by atoms with E-state index in [9.17, 15) is 0 Å². The Kier molecular flexibility index (Phi) is 3.16. The zero-order chi connectivity index (χ0) is 12.6. The monoisotopic (exact) mass is 245 g/mol. The fourth-order valence-corrected chi connectivity index (χ4v) is 3.18. The van der Waals surface area contributed by atoms with E-state index in [-0.39, 0.29) is 6.10 Å². The lowest BCUT2D eigenvalue weighted by atomic mass is 9.88. The van der Waals surface area contributed by atoms with E-state index in [2.05, 4.69) is 43.6 Å². The Morgan fingerprint density at radius 2 is 2.17 bits per heavy atom. The highest BCUT2D eigenvalue weighted by Gasteiger charge is 2.45. The lowest BCUT2D eigenvalue weighted by molar-refractivity contribution is 0.0244. The first-order valence-corrected chi connectivity index (χ1v) is 7.09. The van der Waals surface area contributed by atoms with Crippen LogP contribution in [0.1, 0.15) is 43.4 Å². The van der Waals surface area contributed by atoms with Gasteiger partial charge in [-0.3, -0.25) is 0 Å². The van der Waals surface area contributed by atoms with E-state index < -0.39 is 0 Å². The second-order valence-electron chi connectivity index (χ2n) is 6.04. The number of benzene rings is 1. The quantitative estimate of drug-likeness (QED) is 0.880. The highest BCUT2D eigenvalue weighted by Crippen LogP contribution is 2.50. The van der Waals surface area contributed by atoms with Crippen molar-refractivity contribution >= 4 is 0 Å². The molecule has 0 radical (unpaired) electrons. The molecule has 2 nitrogen and oxygen atoms in total. The zero-order valence-electron chi connectivity index (χ0n) is 11.4. The Hall–Kier alpha value is -0.860. The Morgan fingerprint density at radius 3 is 2.89 bits per heavy atom. The van der Waals surface area contributed by atoms with Gasteiger partial charge >= 0.3 is 0 Å². The minimum atomic E-state index is 0.282. The standard InChI is InChI=1S/C16H23NO/c1-16(8-9-16)15(17-2)11-14-13-6-4-3-5-12(13)7-10-18-14/h3-6,14-15,17H,7-11H2,1-2H3. The Labute approximate surface area is 110 Å². The van der Waals surface area contributed by atoms with Crippen molar-refractivity contribution in [2.45, 2.75) is 44.8 Å². The predicted octanol–water partition coefficient (Wildman–Crippen LogP) is 3.08. The first-order valence-electron chi connectivity index (χ1n) is 7.09. The maximum Gasteiger partial charge on any atom is 0.0842 e. The average molecular weight is 245 g/mol. The zero-order valence-corrected chi connectivity index (χ0v) is 11.4. The molecule has 1 fully saturated rings. The summed E-state index contributed by atoms with van der Waals surface area (Å²) in [4.78, 5) is 0. The molecule has 1 N–H and O–H groups in total. The van der Waals surface area contributed by atoms with Gasteiger partial charge in [0, 0.05) is 6.04 Å². The van der Waals surface area contributed by atoms with E-state index in [4.69, 9.17) is 4.74 Å². The van der Waals surface area contributed by atoms with Crippen molar-refractivity contribution in [2.24, 2.45) is 5.41 Å². The topological polar surface area (TPSA) is 21.3 Å². The summed E-state index contributed by atoms with van der Waals surface area (Å²) in [6.45, 7) is 3.26. The Morgan fingerprint density at radius 1 is 1.39 bits per heavy atom. The molecule has 2 heteroatoms. The smallest absolute Gasteiger partial charge is 0.0842 e. The van der Waals surface area contributed by atoms with Gasteiger partial charge in [0.25, 0.3) is 0 Å². The van der Waals surface area contributed by atoms with Crippen molar-refractivity contribution in [1.29, 1.82) is 0 Å². The van der Waals surface area contributed by atoms with Gasteiger partial charge in [0.05, 0.1) is 12.7 Å². The fourth-order valence-electron chi connectivity index (χ4n) is 3.18. The predicted molar refractivity (Wildman–Crippen MR) is 73.6 cm³/mol. The summed E-state index contributed by atoms with van der Waals surface area (Å²) in [5, 5.41) is 3.50. The molecule has 1 aliphatic carbocycles. The largest absolute Gasteiger partial charge is 0.373 e. The second-order valence-corrected chi connectivity index (χ2v) is 6.04. The summed E-state index contributed by atoms with van der Waals surface area (Å²) in [5.74, 6) is 0. The number of nitrogens with one attached hydrogen (secondary N) is 1. The molecule has 18 heavy (non-hydrogen) atoms. The molecule has 2 aliphatic rings. The number of hydrogen-bond donors (Lipinski definition) is 1. The highest BCUT2D eigenvalue weighted by atomic mass is 16.5. The minimum absolute atomic E-state index is 0.282. The number of rotatable bonds is 4. The summed E-state index contributed by atoms with van der Waals surface area (Å²) >= 11 is 0. The van der Waals surface area contributed by atoms with Gasteiger partial charge in [-0.15, -0.1) is 0 Å². The summed E-state index contributed by atoms with van der Waals surface area (Å²) in [7, 11) is 2.09. The van der Waals surface area contributed by atoms with Crippen LogP contribution in [0.25, 0.3) is 0 Å². The third-order valence-electron chi connectivity index (χ3n) is 4.77. The van der Waals surface area contributed by atoms with Gasteiger partial charge < -0.3 is 10.1 Å². The molecule has 1 aromatic rings. The van der Waals surface area contributed by atoms with Crippen molar-refractivity contribution in [3.8, 4) is 0 Å². The minimum Gasteiger partial charge on any atom is -0.373 e. The third-order valence-corrected chi connectivity index (χ3v) is 4.77. The normalized spacial score (nSPS) is 26.4. The average Bonchev–Trinajstić information content (AvgIpc) is 3.15. The number of fused-ring (bicyclic) bond motifs is 1. The van der Waals surface area contributed by atoms with Gasteiger partial charge in [0.2, 0.25) is 0 Å². The maximum atomic E-state index is 6.02. The molecule has 0 aromatic heterocycles. The lowest BCUT2D eigenvalue weighted by Gasteiger charge is -2.31. The van der Waals surface area contributed by atoms with Crippen molar-refractivity contribution in [1.82, 2.24) is 5.32 Å². The molecule has 0 bridgehead atoms.